The van der Waals surface area contributed by atoms with Gasteiger partial charge in [0.05, 0.1) is 12.6 Å². The number of aryl methyl sites for hydroxylation is 2. The van der Waals surface area contributed by atoms with Crippen molar-refractivity contribution in [3.63, 3.8) is 0 Å². The summed E-state index contributed by atoms with van der Waals surface area (Å²) in [7, 11) is 2.21. The summed E-state index contributed by atoms with van der Waals surface area (Å²) in [5, 5.41) is 0. The van der Waals surface area contributed by atoms with Gasteiger partial charge < -0.3 is 0 Å². The molecular weight excluding hydrogens is 496 g/mol. The monoisotopic (exact) mass is 535 g/mol. The van der Waals surface area contributed by atoms with Crippen LogP contribution < -0.4 is 4.57 Å². The van der Waals surface area contributed by atoms with Gasteiger partial charge in [0.25, 0.3) is 5.82 Å². The Hall–Kier alpha value is -4.43. The third-order valence-electron chi connectivity index (χ3n) is 8.34. The molecule has 0 radical (unpaired) electrons. The normalized spacial score (nSPS) is 11.6. The van der Waals surface area contributed by atoms with Crippen LogP contribution in [0.2, 0.25) is 0 Å². The number of imidazole rings is 1. The van der Waals surface area contributed by atoms with Crippen molar-refractivity contribution in [1.29, 1.82) is 0 Å². The molecule has 0 atom stereocenters. The van der Waals surface area contributed by atoms with Crippen LogP contribution >= 0.6 is 0 Å². The van der Waals surface area contributed by atoms with Gasteiger partial charge in [-0.3, -0.25) is 0 Å². The number of hydrogen-bond donors (Lipinski definition) is 0. The highest BCUT2D eigenvalue weighted by Gasteiger charge is 2.32. The van der Waals surface area contributed by atoms with Gasteiger partial charge in [-0.2, -0.15) is 4.57 Å². The molecule has 204 valence electrons. The molecule has 1 aromatic heterocycles. The first-order valence-electron chi connectivity index (χ1n) is 14.7. The summed E-state index contributed by atoms with van der Waals surface area (Å²) in [4.78, 5) is 0. The molecule has 0 spiro atoms. The average molecular weight is 536 g/mol. The number of fused-ring (bicyclic) bond motifs is 1. The molecule has 2 heteroatoms. The lowest BCUT2D eigenvalue weighted by Crippen LogP contribution is -2.30. The Morgan fingerprint density at radius 3 is 1.66 bits per heavy atom. The van der Waals surface area contributed by atoms with Crippen LogP contribution in [0.25, 0.3) is 50.4 Å². The van der Waals surface area contributed by atoms with E-state index in [1.165, 1.54) is 67.1 Å². The number of nitrogens with zero attached hydrogens (tertiary/aromatic N) is 2. The van der Waals surface area contributed by atoms with Gasteiger partial charge in [0.2, 0.25) is 0 Å². The van der Waals surface area contributed by atoms with E-state index in [1.54, 1.807) is 0 Å². The maximum absolute atomic E-state index is 2.56. The minimum atomic E-state index is 0.343. The Labute approximate surface area is 244 Å². The number of hydrogen-bond acceptors (Lipinski definition) is 0. The highest BCUT2D eigenvalue weighted by Crippen LogP contribution is 2.40. The number of aromatic nitrogens is 2. The van der Waals surface area contributed by atoms with Crippen LogP contribution in [-0.2, 0) is 7.05 Å². The van der Waals surface area contributed by atoms with Crippen molar-refractivity contribution in [3.05, 3.63) is 132 Å². The van der Waals surface area contributed by atoms with Gasteiger partial charge >= 0.3 is 0 Å². The predicted octanol–water partition coefficient (Wildman–Crippen LogP) is 10.0. The van der Waals surface area contributed by atoms with Gasteiger partial charge in [0.15, 0.2) is 11.0 Å². The van der Waals surface area contributed by atoms with E-state index in [1.807, 2.05) is 0 Å². The van der Waals surface area contributed by atoms with E-state index in [0.717, 1.165) is 0 Å². The zero-order chi connectivity index (χ0) is 28.7. The van der Waals surface area contributed by atoms with Crippen LogP contribution in [0.4, 0.5) is 0 Å². The standard InChI is InChI=1S/C39H39N2/c1-26(2)34-23-32(30-18-11-8-12-19-30)24-35(27(3)4)38(34)41-37-25-31(29-16-9-7-10-17-29)21-22-36(37)40(6)39(41)33-20-14-13-15-28(33)5/h7-27H,1-6H3/q+1. The van der Waals surface area contributed by atoms with Gasteiger partial charge in [0.1, 0.15) is 5.69 Å². The smallest absolute Gasteiger partial charge is 0.225 e. The molecule has 0 fully saturated rings. The summed E-state index contributed by atoms with van der Waals surface area (Å²) < 4.78 is 4.94. The lowest BCUT2D eigenvalue weighted by atomic mass is 9.88. The molecule has 41 heavy (non-hydrogen) atoms. The van der Waals surface area contributed by atoms with Crippen molar-refractivity contribution in [3.8, 4) is 39.3 Å². The lowest BCUT2D eigenvalue weighted by Gasteiger charge is -2.21. The Balaban J connectivity index is 1.77. The molecule has 0 unspecified atom stereocenters. The molecule has 6 rings (SSSR count). The topological polar surface area (TPSA) is 8.81 Å². The first kappa shape index (κ1) is 26.8. The summed E-state index contributed by atoms with van der Waals surface area (Å²) in [5.41, 5.74) is 14.0. The second-order valence-corrected chi connectivity index (χ2v) is 11.8. The predicted molar refractivity (Wildman–Crippen MR) is 174 cm³/mol. The van der Waals surface area contributed by atoms with E-state index >= 15 is 0 Å². The maximum atomic E-state index is 2.56. The van der Waals surface area contributed by atoms with E-state index in [2.05, 4.69) is 166 Å². The summed E-state index contributed by atoms with van der Waals surface area (Å²) in [5.74, 6) is 1.89. The third-order valence-corrected chi connectivity index (χ3v) is 8.34. The first-order valence-corrected chi connectivity index (χ1v) is 14.7. The first-order chi connectivity index (χ1) is 19.8. The molecule has 0 amide bonds. The molecule has 6 aromatic rings. The number of rotatable bonds is 6. The van der Waals surface area contributed by atoms with E-state index in [4.69, 9.17) is 0 Å². The molecule has 0 aliphatic rings. The van der Waals surface area contributed by atoms with E-state index < -0.39 is 0 Å². The van der Waals surface area contributed by atoms with Crippen LogP contribution in [0.5, 0.6) is 0 Å². The summed E-state index contributed by atoms with van der Waals surface area (Å²) in [6.45, 7) is 11.5. The highest BCUT2D eigenvalue weighted by molar-refractivity contribution is 5.86. The Kier molecular flexibility index (Phi) is 7.09. The summed E-state index contributed by atoms with van der Waals surface area (Å²) in [6, 6.07) is 42.1. The van der Waals surface area contributed by atoms with Crippen molar-refractivity contribution >= 4 is 11.0 Å². The molecular formula is C39H39N2+. The van der Waals surface area contributed by atoms with Gasteiger partial charge in [-0.1, -0.05) is 107 Å². The second kappa shape index (κ2) is 10.9. The zero-order valence-corrected chi connectivity index (χ0v) is 25.0. The van der Waals surface area contributed by atoms with Gasteiger partial charge in [-0.05, 0) is 83.0 Å². The molecule has 0 bridgehead atoms. The Bertz CT molecular complexity index is 1810. The zero-order valence-electron chi connectivity index (χ0n) is 25.0. The van der Waals surface area contributed by atoms with E-state index in [9.17, 15) is 0 Å². The summed E-state index contributed by atoms with van der Waals surface area (Å²) in [6.07, 6.45) is 0. The Morgan fingerprint density at radius 1 is 0.561 bits per heavy atom. The maximum Gasteiger partial charge on any atom is 0.295 e. The molecule has 0 aliphatic carbocycles. The quantitative estimate of drug-likeness (QED) is 0.188. The van der Waals surface area contributed by atoms with Crippen molar-refractivity contribution < 1.29 is 4.57 Å². The Morgan fingerprint density at radius 2 is 1.10 bits per heavy atom. The molecule has 0 N–H and O–H groups in total. The van der Waals surface area contributed by atoms with Gasteiger partial charge in [-0.25, -0.2) is 4.57 Å². The van der Waals surface area contributed by atoms with Gasteiger partial charge in [0, 0.05) is 11.1 Å². The van der Waals surface area contributed by atoms with Gasteiger partial charge in [-0.15, -0.1) is 0 Å². The van der Waals surface area contributed by atoms with Crippen molar-refractivity contribution in [1.82, 2.24) is 4.57 Å². The largest absolute Gasteiger partial charge is 0.295 e. The van der Waals surface area contributed by atoms with E-state index in [0.29, 0.717) is 11.8 Å². The van der Waals surface area contributed by atoms with Crippen LogP contribution in [0.15, 0.2) is 115 Å². The van der Waals surface area contributed by atoms with Crippen LogP contribution in [-0.4, -0.2) is 4.57 Å². The van der Waals surface area contributed by atoms with E-state index in [-0.39, 0.29) is 0 Å². The molecule has 1 heterocycles. The summed E-state index contributed by atoms with van der Waals surface area (Å²) >= 11 is 0. The average Bonchev–Trinajstić information content (AvgIpc) is 3.28. The third kappa shape index (κ3) is 4.78. The fraction of sp³-hybridized carbons (Fsp3) is 0.205. The van der Waals surface area contributed by atoms with Crippen LogP contribution in [0, 0.1) is 6.92 Å². The second-order valence-electron chi connectivity index (χ2n) is 11.8. The molecule has 0 aliphatic heterocycles. The fourth-order valence-electron chi connectivity index (χ4n) is 6.14. The van der Waals surface area contributed by atoms with Crippen molar-refractivity contribution in [2.24, 2.45) is 7.05 Å². The molecule has 0 saturated heterocycles. The highest BCUT2D eigenvalue weighted by atomic mass is 15.2. The molecule has 0 saturated carbocycles. The van der Waals surface area contributed by atoms with Crippen molar-refractivity contribution in [2.75, 3.05) is 0 Å². The van der Waals surface area contributed by atoms with Crippen LogP contribution in [0.3, 0.4) is 0 Å². The minimum Gasteiger partial charge on any atom is -0.225 e. The lowest BCUT2D eigenvalue weighted by molar-refractivity contribution is -0.633. The fourth-order valence-corrected chi connectivity index (χ4v) is 6.14. The molecule has 5 aromatic carbocycles. The molecule has 2 nitrogen and oxygen atoms in total. The van der Waals surface area contributed by atoms with Crippen LogP contribution in [0.1, 0.15) is 56.2 Å². The SMILES string of the molecule is Cc1ccccc1-c1n(-c2c(C(C)C)cc(-c3ccccc3)cc2C(C)C)c2cc(-c3ccccc3)ccc2[n+]1C. The van der Waals surface area contributed by atoms with Crippen molar-refractivity contribution in [2.45, 2.75) is 46.5 Å². The minimum absolute atomic E-state index is 0.343. The number of benzene rings is 5.